The van der Waals surface area contributed by atoms with Crippen LogP contribution in [-0.4, -0.2) is 0 Å². The molecule has 2 radical (unpaired) electrons. The summed E-state index contributed by atoms with van der Waals surface area (Å²) in [6.07, 6.45) is 9.41. The summed E-state index contributed by atoms with van der Waals surface area (Å²) in [4.78, 5) is 0. The first kappa shape index (κ1) is 4.13. The largest absolute Gasteiger partial charge is 0.0949 e. The van der Waals surface area contributed by atoms with Crippen LogP contribution < -0.4 is 0 Å². The van der Waals surface area contributed by atoms with Gasteiger partial charge in [-0.3, -0.25) is 0 Å². The topological polar surface area (TPSA) is 0 Å². The summed E-state index contributed by atoms with van der Waals surface area (Å²) in [6, 6.07) is 0. The zero-order valence-corrected chi connectivity index (χ0v) is 4.52. The molecule has 0 saturated heterocycles. The molecule has 8 heavy (non-hydrogen) atoms. The van der Waals surface area contributed by atoms with E-state index >= 15 is 0 Å². The van der Waals surface area contributed by atoms with Gasteiger partial charge in [0.25, 0.3) is 0 Å². The Kier molecular flexibility index (Phi) is 0.587. The van der Waals surface area contributed by atoms with E-state index in [1.54, 1.807) is 0 Å². The van der Waals surface area contributed by atoms with Gasteiger partial charge in [-0.2, -0.15) is 0 Å². The van der Waals surface area contributed by atoms with Crippen LogP contribution in [0.25, 0.3) is 0 Å². The highest BCUT2D eigenvalue weighted by molar-refractivity contribution is 5.57. The van der Waals surface area contributed by atoms with Crippen LogP contribution in [0.15, 0.2) is 36.0 Å². The van der Waals surface area contributed by atoms with Crippen LogP contribution >= 0.6 is 0 Å². The van der Waals surface area contributed by atoms with Gasteiger partial charge in [0.15, 0.2) is 0 Å². The van der Waals surface area contributed by atoms with Crippen molar-refractivity contribution in [2.24, 2.45) is 5.92 Å². The molecule has 3 aliphatic carbocycles. The number of rotatable bonds is 0. The normalized spacial score (nSPS) is 31.8. The van der Waals surface area contributed by atoms with Gasteiger partial charge in [-0.25, -0.2) is 0 Å². The maximum Gasteiger partial charge on any atom is 0.0289 e. The van der Waals surface area contributed by atoms with E-state index in [2.05, 4.69) is 25.2 Å². The van der Waals surface area contributed by atoms with Crippen LogP contribution in [0.1, 0.15) is 0 Å². The highest BCUT2D eigenvalue weighted by atomic mass is 14.3. The summed E-state index contributed by atoms with van der Waals surface area (Å²) in [5.41, 5.74) is 2.44. The van der Waals surface area contributed by atoms with Crippen molar-refractivity contribution >= 4 is 0 Å². The van der Waals surface area contributed by atoms with E-state index < -0.39 is 0 Å². The first-order chi connectivity index (χ1) is 3.88. The molecule has 0 aromatic heterocycles. The predicted molar refractivity (Wildman–Crippen MR) is 33.1 cm³/mol. The van der Waals surface area contributed by atoms with Crippen LogP contribution in [0.5, 0.6) is 0 Å². The van der Waals surface area contributed by atoms with Crippen molar-refractivity contribution in [2.75, 3.05) is 0 Å². The summed E-state index contributed by atoms with van der Waals surface area (Å²) in [6.45, 7) is 3.86. The monoisotopic (exact) mass is 102 g/mol. The molecule has 0 aliphatic heterocycles. The molecule has 1 atom stereocenters. The average Bonchev–Trinajstić information content (AvgIpc) is 1.89. The van der Waals surface area contributed by atoms with E-state index in [0.29, 0.717) is 5.92 Å². The highest BCUT2D eigenvalue weighted by Gasteiger charge is 2.27. The summed E-state index contributed by atoms with van der Waals surface area (Å²) in [7, 11) is 0. The Labute approximate surface area is 49.2 Å². The van der Waals surface area contributed by atoms with Crippen molar-refractivity contribution in [2.45, 2.75) is 0 Å². The van der Waals surface area contributed by atoms with Crippen molar-refractivity contribution in [3.63, 3.8) is 0 Å². The van der Waals surface area contributed by atoms with Gasteiger partial charge >= 0.3 is 0 Å². The van der Waals surface area contributed by atoms with Gasteiger partial charge in [0.05, 0.1) is 0 Å². The Morgan fingerprint density at radius 3 is 2.75 bits per heavy atom. The molecule has 0 N–H and O–H groups in total. The van der Waals surface area contributed by atoms with E-state index in [9.17, 15) is 0 Å². The first-order valence-corrected chi connectivity index (χ1v) is 2.72. The molecule has 1 fully saturated rings. The molecule has 0 aromatic rings. The lowest BCUT2D eigenvalue weighted by atomic mass is 9.72. The minimum Gasteiger partial charge on any atom is -0.0949 e. The molecule has 0 nitrogen and oxygen atoms in total. The second-order valence-electron chi connectivity index (χ2n) is 2.11. The summed E-state index contributed by atoms with van der Waals surface area (Å²) >= 11 is 0. The Bertz CT molecular complexity index is 194. The molecule has 0 spiro atoms. The molecular formula is C8H6. The molecular weight excluding hydrogens is 96.1 g/mol. The van der Waals surface area contributed by atoms with Gasteiger partial charge < -0.3 is 0 Å². The van der Waals surface area contributed by atoms with E-state index in [0.717, 1.165) is 0 Å². The van der Waals surface area contributed by atoms with E-state index in [-0.39, 0.29) is 0 Å². The summed E-state index contributed by atoms with van der Waals surface area (Å²) in [5, 5.41) is 0. The lowest BCUT2D eigenvalue weighted by molar-refractivity contribution is 0.808. The number of allylic oxidation sites excluding steroid dienone is 5. The molecule has 1 saturated carbocycles. The van der Waals surface area contributed by atoms with Gasteiger partial charge in [0.2, 0.25) is 0 Å². The zero-order valence-electron chi connectivity index (χ0n) is 4.52. The molecule has 38 valence electrons. The third-order valence-electron chi connectivity index (χ3n) is 1.60. The van der Waals surface area contributed by atoms with Gasteiger partial charge in [-0.15, -0.1) is 0 Å². The molecule has 1 unspecified atom stereocenters. The van der Waals surface area contributed by atoms with Crippen molar-refractivity contribution in [3.8, 4) is 0 Å². The van der Waals surface area contributed by atoms with E-state index in [1.807, 2.05) is 6.08 Å². The summed E-state index contributed by atoms with van der Waals surface area (Å²) in [5.74, 6) is 0.454. The fourth-order valence-electron chi connectivity index (χ4n) is 1.02. The van der Waals surface area contributed by atoms with Crippen LogP contribution in [0.2, 0.25) is 0 Å². The molecule has 3 aliphatic rings. The van der Waals surface area contributed by atoms with Crippen LogP contribution in [-0.2, 0) is 0 Å². The smallest absolute Gasteiger partial charge is 0.0289 e. The molecule has 0 heterocycles. The number of hydrogen-bond donors (Lipinski definition) is 0. The Morgan fingerprint density at radius 2 is 2.50 bits per heavy atom. The molecule has 3 rings (SSSR count). The number of fused-ring (bicyclic) bond motifs is 1. The Balaban J connectivity index is 2.46. The quantitative estimate of drug-likeness (QED) is 0.437. The third kappa shape index (κ3) is 0.313. The van der Waals surface area contributed by atoms with Gasteiger partial charge in [0.1, 0.15) is 0 Å². The maximum absolute atomic E-state index is 3.86. The van der Waals surface area contributed by atoms with E-state index in [1.165, 1.54) is 11.1 Å². The van der Waals surface area contributed by atoms with Crippen LogP contribution in [0.4, 0.5) is 0 Å². The van der Waals surface area contributed by atoms with E-state index in [4.69, 9.17) is 0 Å². The second kappa shape index (κ2) is 1.13. The molecule has 0 aromatic carbocycles. The molecule has 0 heteroatoms. The summed E-state index contributed by atoms with van der Waals surface area (Å²) < 4.78 is 0. The lowest BCUT2D eigenvalue weighted by Crippen LogP contribution is -2.19. The van der Waals surface area contributed by atoms with Gasteiger partial charge in [0, 0.05) is 12.3 Å². The minimum absolute atomic E-state index is 0.454. The SMILES string of the molecule is C=C1C2=CC=CC1[C]2. The Morgan fingerprint density at radius 1 is 1.62 bits per heavy atom. The second-order valence-corrected chi connectivity index (χ2v) is 2.11. The van der Waals surface area contributed by atoms with Crippen molar-refractivity contribution in [1.29, 1.82) is 0 Å². The molecule has 0 amide bonds. The Hall–Kier alpha value is -0.780. The lowest BCUT2D eigenvalue weighted by Gasteiger charge is -2.31. The zero-order chi connectivity index (χ0) is 5.56. The fourth-order valence-corrected chi connectivity index (χ4v) is 1.02. The third-order valence-corrected chi connectivity index (χ3v) is 1.60. The maximum atomic E-state index is 3.86. The van der Waals surface area contributed by atoms with Crippen LogP contribution in [0.3, 0.4) is 0 Å². The number of hydrogen-bond acceptors (Lipinski definition) is 0. The van der Waals surface area contributed by atoms with Gasteiger partial charge in [-0.05, 0) is 11.1 Å². The molecule has 2 bridgehead atoms. The fraction of sp³-hybridized carbons (Fsp3) is 0.125. The van der Waals surface area contributed by atoms with Crippen molar-refractivity contribution in [3.05, 3.63) is 42.4 Å². The van der Waals surface area contributed by atoms with Crippen molar-refractivity contribution < 1.29 is 0 Å². The highest BCUT2D eigenvalue weighted by Crippen LogP contribution is 2.40. The van der Waals surface area contributed by atoms with Gasteiger partial charge in [-0.1, -0.05) is 24.8 Å². The minimum atomic E-state index is 0.454. The van der Waals surface area contributed by atoms with Crippen LogP contribution in [0, 0.1) is 12.3 Å². The first-order valence-electron chi connectivity index (χ1n) is 2.72. The predicted octanol–water partition coefficient (Wildman–Crippen LogP) is 1.75. The average molecular weight is 102 g/mol. The van der Waals surface area contributed by atoms with Crippen molar-refractivity contribution in [1.82, 2.24) is 0 Å². The standard InChI is InChI=1S/C8H6/c1-6-7-3-2-4-8(6)5-7/h2-4,7H,1H2.